The van der Waals surface area contributed by atoms with Gasteiger partial charge in [0, 0.05) is 17.9 Å². The van der Waals surface area contributed by atoms with Crippen LogP contribution in [-0.4, -0.2) is 32.1 Å². The van der Waals surface area contributed by atoms with Crippen LogP contribution in [0.5, 0.6) is 0 Å². The van der Waals surface area contributed by atoms with E-state index in [9.17, 15) is 8.42 Å². The van der Waals surface area contributed by atoms with Gasteiger partial charge in [-0.25, -0.2) is 8.42 Å². The highest BCUT2D eigenvalue weighted by atomic mass is 79.9. The zero-order chi connectivity index (χ0) is 15.9. The number of rotatable bonds is 9. The van der Waals surface area contributed by atoms with Crippen molar-refractivity contribution in [2.45, 2.75) is 51.0 Å². The molecule has 0 saturated heterocycles. The van der Waals surface area contributed by atoms with Crippen LogP contribution in [0, 0.1) is 0 Å². The van der Waals surface area contributed by atoms with E-state index in [0.717, 1.165) is 30.4 Å². The molecule has 1 aromatic carbocycles. The number of halogens is 1. The van der Waals surface area contributed by atoms with Crippen LogP contribution in [0.25, 0.3) is 0 Å². The quantitative estimate of drug-likeness (QED) is 0.605. The van der Waals surface area contributed by atoms with E-state index >= 15 is 0 Å². The second-order valence-corrected chi connectivity index (χ2v) is 8.01. The molecular weight excluding hydrogens is 350 g/mol. The van der Waals surface area contributed by atoms with Gasteiger partial charge in [-0.15, -0.1) is 0 Å². The second-order valence-electron chi connectivity index (χ2n) is 5.14. The minimum atomic E-state index is -3.21. The van der Waals surface area contributed by atoms with E-state index in [-0.39, 0.29) is 5.75 Å². The van der Waals surface area contributed by atoms with Crippen LogP contribution >= 0.6 is 15.9 Å². The maximum Gasteiger partial charge on any atom is 0.180 e. The fourth-order valence-corrected chi connectivity index (χ4v) is 4.59. The second kappa shape index (κ2) is 8.79. The highest BCUT2D eigenvalue weighted by Gasteiger charge is 2.23. The van der Waals surface area contributed by atoms with Gasteiger partial charge in [-0.1, -0.05) is 48.8 Å². The minimum Gasteiger partial charge on any atom is -0.367 e. The maximum atomic E-state index is 12.5. The lowest BCUT2D eigenvalue weighted by molar-refractivity contribution is 0.562. The number of hydrogen-bond acceptors (Lipinski definition) is 3. The fourth-order valence-electron chi connectivity index (χ4n) is 2.66. The SMILES string of the molecule is CCCS(=O)(=O)c1ccccc1N(CCBr)C(CC)CC. The van der Waals surface area contributed by atoms with E-state index in [0.29, 0.717) is 17.4 Å². The maximum absolute atomic E-state index is 12.5. The van der Waals surface area contributed by atoms with Gasteiger partial charge in [-0.05, 0) is 31.4 Å². The molecule has 0 N–H and O–H groups in total. The van der Waals surface area contributed by atoms with Gasteiger partial charge < -0.3 is 4.90 Å². The predicted octanol–water partition coefficient (Wildman–Crippen LogP) is 4.26. The van der Waals surface area contributed by atoms with Gasteiger partial charge in [-0.3, -0.25) is 0 Å². The van der Waals surface area contributed by atoms with E-state index in [2.05, 4.69) is 34.7 Å². The molecule has 0 amide bonds. The Bertz CT molecular complexity index is 527. The van der Waals surface area contributed by atoms with Crippen LogP contribution in [0.15, 0.2) is 29.2 Å². The summed E-state index contributed by atoms with van der Waals surface area (Å²) in [6.45, 7) is 7.01. The largest absolute Gasteiger partial charge is 0.367 e. The van der Waals surface area contributed by atoms with Crippen LogP contribution in [-0.2, 0) is 9.84 Å². The van der Waals surface area contributed by atoms with Gasteiger partial charge in [0.15, 0.2) is 9.84 Å². The Morgan fingerprint density at radius 3 is 2.29 bits per heavy atom. The molecule has 0 heterocycles. The molecule has 0 radical (unpaired) electrons. The molecule has 0 bridgehead atoms. The highest BCUT2D eigenvalue weighted by Crippen LogP contribution is 2.29. The smallest absolute Gasteiger partial charge is 0.180 e. The molecule has 120 valence electrons. The van der Waals surface area contributed by atoms with Crippen molar-refractivity contribution >= 4 is 31.5 Å². The van der Waals surface area contributed by atoms with Crippen molar-refractivity contribution in [3.05, 3.63) is 24.3 Å². The van der Waals surface area contributed by atoms with Gasteiger partial charge in [0.1, 0.15) is 0 Å². The first kappa shape index (κ1) is 18.5. The lowest BCUT2D eigenvalue weighted by atomic mass is 10.1. The van der Waals surface area contributed by atoms with Crippen molar-refractivity contribution in [1.82, 2.24) is 0 Å². The summed E-state index contributed by atoms with van der Waals surface area (Å²) in [6.07, 6.45) is 2.65. The van der Waals surface area contributed by atoms with Gasteiger partial charge in [0.05, 0.1) is 16.3 Å². The van der Waals surface area contributed by atoms with Gasteiger partial charge in [-0.2, -0.15) is 0 Å². The molecule has 0 aliphatic carbocycles. The topological polar surface area (TPSA) is 37.4 Å². The summed E-state index contributed by atoms with van der Waals surface area (Å²) in [5.74, 6) is 0.203. The van der Waals surface area contributed by atoms with Gasteiger partial charge >= 0.3 is 0 Å². The summed E-state index contributed by atoms with van der Waals surface area (Å²) in [6, 6.07) is 7.77. The molecule has 3 nitrogen and oxygen atoms in total. The molecule has 21 heavy (non-hydrogen) atoms. The Kier molecular flexibility index (Phi) is 7.74. The van der Waals surface area contributed by atoms with Crippen molar-refractivity contribution in [3.63, 3.8) is 0 Å². The van der Waals surface area contributed by atoms with Crippen LogP contribution in [0.1, 0.15) is 40.0 Å². The molecule has 0 atom stereocenters. The molecule has 0 saturated carbocycles. The average Bonchev–Trinajstić information content (AvgIpc) is 2.47. The molecule has 1 rings (SSSR count). The number of benzene rings is 1. The van der Waals surface area contributed by atoms with E-state index in [1.165, 1.54) is 0 Å². The summed E-state index contributed by atoms with van der Waals surface area (Å²) < 4.78 is 25.0. The zero-order valence-corrected chi connectivity index (χ0v) is 15.6. The van der Waals surface area contributed by atoms with Crippen LogP contribution in [0.4, 0.5) is 5.69 Å². The van der Waals surface area contributed by atoms with E-state index < -0.39 is 9.84 Å². The number of para-hydroxylation sites is 1. The third-order valence-corrected chi connectivity index (χ3v) is 6.01. The summed E-state index contributed by atoms with van der Waals surface area (Å²) in [4.78, 5) is 2.71. The summed E-state index contributed by atoms with van der Waals surface area (Å²) in [5.41, 5.74) is 0.846. The van der Waals surface area contributed by atoms with Crippen LogP contribution in [0.2, 0.25) is 0 Å². The number of sulfone groups is 1. The lowest BCUT2D eigenvalue weighted by Crippen LogP contribution is -2.37. The van der Waals surface area contributed by atoms with Crippen molar-refractivity contribution in [3.8, 4) is 0 Å². The normalized spacial score (nSPS) is 11.9. The molecule has 0 unspecified atom stereocenters. The number of alkyl halides is 1. The highest BCUT2D eigenvalue weighted by molar-refractivity contribution is 9.09. The van der Waals surface area contributed by atoms with Crippen LogP contribution < -0.4 is 4.90 Å². The minimum absolute atomic E-state index is 0.203. The molecule has 0 aromatic heterocycles. The third kappa shape index (κ3) is 4.71. The Labute approximate surface area is 137 Å². The van der Waals surface area contributed by atoms with Crippen molar-refractivity contribution in [2.24, 2.45) is 0 Å². The summed E-state index contributed by atoms with van der Waals surface area (Å²) >= 11 is 3.49. The zero-order valence-electron chi connectivity index (χ0n) is 13.2. The third-order valence-electron chi connectivity index (χ3n) is 3.69. The van der Waals surface area contributed by atoms with E-state index in [4.69, 9.17) is 0 Å². The number of nitrogens with zero attached hydrogens (tertiary/aromatic N) is 1. The fraction of sp³-hybridized carbons (Fsp3) is 0.625. The van der Waals surface area contributed by atoms with Crippen LogP contribution in [0.3, 0.4) is 0 Å². The molecule has 1 aromatic rings. The lowest BCUT2D eigenvalue weighted by Gasteiger charge is -2.33. The van der Waals surface area contributed by atoms with E-state index in [1.807, 2.05) is 25.1 Å². The Morgan fingerprint density at radius 2 is 1.76 bits per heavy atom. The Balaban J connectivity index is 3.32. The monoisotopic (exact) mass is 375 g/mol. The first-order valence-electron chi connectivity index (χ1n) is 7.66. The molecular formula is C16H26BrNO2S. The first-order valence-corrected chi connectivity index (χ1v) is 10.4. The summed E-state index contributed by atoms with van der Waals surface area (Å²) in [5, 5.41) is 0.825. The molecule has 0 fully saturated rings. The Hall–Kier alpha value is -0.550. The Morgan fingerprint density at radius 1 is 1.14 bits per heavy atom. The predicted molar refractivity (Wildman–Crippen MR) is 94.3 cm³/mol. The standard InChI is InChI=1S/C16H26BrNO2S/c1-4-13-21(19,20)16-10-8-7-9-15(16)18(12-11-17)14(5-2)6-3/h7-10,14H,4-6,11-13H2,1-3H3. The van der Waals surface area contributed by atoms with Crippen molar-refractivity contribution in [2.75, 3.05) is 22.5 Å². The molecule has 5 heteroatoms. The molecule has 0 aliphatic heterocycles. The molecule has 0 spiro atoms. The van der Waals surface area contributed by atoms with Crippen molar-refractivity contribution in [1.29, 1.82) is 0 Å². The first-order chi connectivity index (χ1) is 10.0. The number of hydrogen-bond donors (Lipinski definition) is 0. The van der Waals surface area contributed by atoms with E-state index in [1.54, 1.807) is 6.07 Å². The van der Waals surface area contributed by atoms with Crippen molar-refractivity contribution < 1.29 is 8.42 Å². The van der Waals surface area contributed by atoms with Gasteiger partial charge in [0.2, 0.25) is 0 Å². The average molecular weight is 376 g/mol. The van der Waals surface area contributed by atoms with Gasteiger partial charge in [0.25, 0.3) is 0 Å². The molecule has 0 aliphatic rings. The summed E-state index contributed by atoms with van der Waals surface area (Å²) in [7, 11) is -3.21. The number of anilines is 1.